The fraction of sp³-hybridized carbons (Fsp3) is 0.321. The van der Waals surface area contributed by atoms with Crippen molar-refractivity contribution >= 4 is 47.7 Å². The number of ether oxygens (including phenoxy) is 7. The fourth-order valence-corrected chi connectivity index (χ4v) is 6.86. The fourth-order valence-electron chi connectivity index (χ4n) is 6.86. The maximum atomic E-state index is 14.1. The molecule has 19 nitrogen and oxygen atoms in total. The van der Waals surface area contributed by atoms with Gasteiger partial charge in [0.2, 0.25) is 17.7 Å². The number of hydrogen-bond donors (Lipinski definition) is 4. The molecule has 0 aliphatic carbocycles. The largest absolute Gasteiger partial charge is 0.461 e. The first kappa shape index (κ1) is 57.5. The summed E-state index contributed by atoms with van der Waals surface area (Å²) in [5, 5.41) is 10.3. The minimum absolute atomic E-state index is 0.0000816. The van der Waals surface area contributed by atoms with Gasteiger partial charge in [-0.2, -0.15) is 0 Å². The number of rotatable bonds is 32. The zero-order valence-electron chi connectivity index (χ0n) is 41.4. The van der Waals surface area contributed by atoms with Gasteiger partial charge in [-0.1, -0.05) is 140 Å². The molecule has 0 aliphatic heterocycles. The van der Waals surface area contributed by atoms with E-state index < -0.39 is 78.8 Å². The van der Waals surface area contributed by atoms with Crippen LogP contribution in [0.25, 0.3) is 0 Å². The Hall–Kier alpha value is -8.42. The molecular weight excluding hydrogens is 969 g/mol. The first-order chi connectivity index (χ1) is 36.5. The smallest absolute Gasteiger partial charge is 0.412 e. The molecule has 3 unspecified atom stereocenters. The number of benzene rings is 5. The van der Waals surface area contributed by atoms with Crippen LogP contribution in [0.15, 0.2) is 152 Å². The number of hydrogen-bond acceptors (Lipinski definition) is 15. The summed E-state index contributed by atoms with van der Waals surface area (Å²) in [4.78, 5) is 106. The molecule has 5 aromatic carbocycles. The number of para-hydroxylation sites is 1. The Morgan fingerprint density at radius 2 is 0.800 bits per heavy atom. The SMILES string of the molecule is O=C(COCCOCCNC(=O)Oc1ccccc1)NC(CCC(=O)NC(CCC(=O)OCc1ccccc1)C(=O)OCc1ccccc1)C(=O)NC(CCC(=O)OCc1ccccc1)C(=O)OCc1ccccc1. The van der Waals surface area contributed by atoms with Gasteiger partial charge in [0.15, 0.2) is 0 Å². The van der Waals surface area contributed by atoms with Crippen molar-refractivity contribution in [1.29, 1.82) is 0 Å². The van der Waals surface area contributed by atoms with Crippen LogP contribution < -0.4 is 26.0 Å². The van der Waals surface area contributed by atoms with Crippen molar-refractivity contribution in [2.75, 3.05) is 33.0 Å². The normalized spacial score (nSPS) is 11.8. The van der Waals surface area contributed by atoms with Crippen LogP contribution in [-0.2, 0) is 88.4 Å². The molecule has 0 aromatic heterocycles. The van der Waals surface area contributed by atoms with Gasteiger partial charge in [-0.15, -0.1) is 0 Å². The maximum Gasteiger partial charge on any atom is 0.412 e. The van der Waals surface area contributed by atoms with E-state index in [2.05, 4.69) is 21.3 Å². The predicted octanol–water partition coefficient (Wildman–Crippen LogP) is 5.58. The lowest BCUT2D eigenvalue weighted by molar-refractivity contribution is -0.151. The van der Waals surface area contributed by atoms with Crippen LogP contribution in [0.2, 0.25) is 0 Å². The van der Waals surface area contributed by atoms with Crippen LogP contribution in [-0.4, -0.2) is 98.8 Å². The molecule has 0 spiro atoms. The van der Waals surface area contributed by atoms with E-state index in [0.717, 1.165) is 11.1 Å². The maximum absolute atomic E-state index is 14.1. The highest BCUT2D eigenvalue weighted by Gasteiger charge is 2.30. The van der Waals surface area contributed by atoms with Crippen molar-refractivity contribution in [3.8, 4) is 5.75 Å². The van der Waals surface area contributed by atoms with Crippen LogP contribution in [0, 0.1) is 0 Å². The molecule has 5 aromatic rings. The molecule has 0 saturated heterocycles. The van der Waals surface area contributed by atoms with Crippen molar-refractivity contribution in [3.63, 3.8) is 0 Å². The quantitative estimate of drug-likeness (QED) is 0.0233. The molecule has 0 fully saturated rings. The first-order valence-corrected chi connectivity index (χ1v) is 24.4. The van der Waals surface area contributed by atoms with Crippen molar-refractivity contribution in [3.05, 3.63) is 174 Å². The Morgan fingerprint density at radius 3 is 1.28 bits per heavy atom. The van der Waals surface area contributed by atoms with Gasteiger partial charge in [-0.25, -0.2) is 14.4 Å². The predicted molar refractivity (Wildman–Crippen MR) is 271 cm³/mol. The minimum atomic E-state index is -1.48. The molecule has 0 radical (unpaired) electrons. The Kier molecular flexibility index (Phi) is 25.5. The Balaban J connectivity index is 1.21. The molecule has 4 amide bonds. The summed E-state index contributed by atoms with van der Waals surface area (Å²) < 4.78 is 37.9. The lowest BCUT2D eigenvalue weighted by Crippen LogP contribution is -2.53. The van der Waals surface area contributed by atoms with E-state index in [0.29, 0.717) is 16.9 Å². The van der Waals surface area contributed by atoms with Gasteiger partial charge in [-0.05, 0) is 53.6 Å². The first-order valence-electron chi connectivity index (χ1n) is 24.4. The molecule has 4 N–H and O–H groups in total. The number of nitrogens with one attached hydrogen (secondary N) is 4. The summed E-state index contributed by atoms with van der Waals surface area (Å²) in [6.45, 7) is -0.626. The van der Waals surface area contributed by atoms with E-state index in [1.54, 1.807) is 140 Å². The zero-order valence-corrected chi connectivity index (χ0v) is 41.4. The van der Waals surface area contributed by atoms with Crippen molar-refractivity contribution < 1.29 is 71.5 Å². The monoisotopic (exact) mass is 1030 g/mol. The standard InChI is InChI=1S/C56H62N4O15/c61-49(59-47(54(66)73-38-43-20-10-3-11-21-43)27-30-51(63)71-36-41-16-6-1-7-17-41)29-26-46(58-50(62)40-70-35-34-69-33-32-57-56(68)75-45-24-14-5-15-25-45)53(65)60-48(55(67)74-39-44-22-12-4-13-23-44)28-31-52(64)72-37-42-18-8-2-9-19-42/h1-25,46-48H,26-40H2,(H,57,68)(H,58,62)(H,59,61)(H,60,65). The van der Waals surface area contributed by atoms with E-state index in [-0.39, 0.29) is 84.9 Å². The van der Waals surface area contributed by atoms with Gasteiger partial charge in [0, 0.05) is 25.8 Å². The van der Waals surface area contributed by atoms with E-state index in [1.165, 1.54) is 0 Å². The average molecular weight is 1030 g/mol. The lowest BCUT2D eigenvalue weighted by atomic mass is 10.1. The van der Waals surface area contributed by atoms with E-state index in [1.807, 2.05) is 12.1 Å². The zero-order chi connectivity index (χ0) is 53.3. The Labute approximate surface area is 434 Å². The third-order valence-electron chi connectivity index (χ3n) is 10.8. The third kappa shape index (κ3) is 23.8. The Bertz CT molecular complexity index is 2540. The van der Waals surface area contributed by atoms with Gasteiger partial charge in [0.25, 0.3) is 0 Å². The van der Waals surface area contributed by atoms with E-state index in [4.69, 9.17) is 33.2 Å². The molecule has 0 bridgehead atoms. The number of carbonyl (C=O) groups is 8. The van der Waals surface area contributed by atoms with Gasteiger partial charge in [0.1, 0.15) is 56.9 Å². The summed E-state index contributed by atoms with van der Waals surface area (Å²) >= 11 is 0. The molecule has 0 aliphatic rings. The molecule has 396 valence electrons. The number of esters is 4. The summed E-state index contributed by atoms with van der Waals surface area (Å²) in [7, 11) is 0. The van der Waals surface area contributed by atoms with Gasteiger partial charge in [0.05, 0.1) is 19.8 Å². The van der Waals surface area contributed by atoms with Crippen LogP contribution in [0.5, 0.6) is 5.75 Å². The van der Waals surface area contributed by atoms with Gasteiger partial charge >= 0.3 is 30.0 Å². The Morgan fingerprint density at radius 1 is 0.400 bits per heavy atom. The topological polar surface area (TPSA) is 249 Å². The second-order valence-corrected chi connectivity index (χ2v) is 16.7. The van der Waals surface area contributed by atoms with Crippen molar-refractivity contribution in [2.24, 2.45) is 0 Å². The van der Waals surface area contributed by atoms with E-state index >= 15 is 0 Å². The lowest BCUT2D eigenvalue weighted by Gasteiger charge is -2.23. The highest BCUT2D eigenvalue weighted by molar-refractivity contribution is 5.92. The van der Waals surface area contributed by atoms with E-state index in [9.17, 15) is 38.4 Å². The minimum Gasteiger partial charge on any atom is -0.461 e. The second kappa shape index (κ2) is 33.3. The molecule has 19 heteroatoms. The molecule has 3 atom stereocenters. The van der Waals surface area contributed by atoms with Crippen molar-refractivity contribution in [1.82, 2.24) is 21.3 Å². The summed E-state index contributed by atoms with van der Waals surface area (Å²) in [5.41, 5.74) is 2.84. The molecule has 5 rings (SSSR count). The van der Waals surface area contributed by atoms with Crippen LogP contribution in [0.1, 0.15) is 60.8 Å². The van der Waals surface area contributed by atoms with Crippen LogP contribution in [0.4, 0.5) is 4.79 Å². The third-order valence-corrected chi connectivity index (χ3v) is 10.8. The molecule has 0 saturated carbocycles. The number of carbonyl (C=O) groups excluding carboxylic acids is 8. The van der Waals surface area contributed by atoms with Gasteiger partial charge in [-0.3, -0.25) is 24.0 Å². The molecule has 0 heterocycles. The average Bonchev–Trinajstić information content (AvgIpc) is 3.43. The van der Waals surface area contributed by atoms with Crippen molar-refractivity contribution in [2.45, 2.75) is 83.1 Å². The van der Waals surface area contributed by atoms with Crippen LogP contribution >= 0.6 is 0 Å². The molecule has 75 heavy (non-hydrogen) atoms. The highest BCUT2D eigenvalue weighted by atomic mass is 16.6. The summed E-state index contributed by atoms with van der Waals surface area (Å²) in [6, 6.07) is 39.9. The van der Waals surface area contributed by atoms with Gasteiger partial charge < -0.3 is 54.4 Å². The number of amides is 4. The summed E-state index contributed by atoms with van der Waals surface area (Å²) in [6.07, 6.45) is -2.47. The summed E-state index contributed by atoms with van der Waals surface area (Å²) in [5.74, 6) is -5.02. The molecular formula is C56H62N4O15. The highest BCUT2D eigenvalue weighted by Crippen LogP contribution is 2.13. The van der Waals surface area contributed by atoms with Crippen LogP contribution in [0.3, 0.4) is 0 Å². The second-order valence-electron chi connectivity index (χ2n) is 16.7.